The Kier molecular flexibility index (Phi) is 5.15. The molecule has 9 heteroatoms. The van der Waals surface area contributed by atoms with Gasteiger partial charge in [0.1, 0.15) is 11.5 Å². The van der Waals surface area contributed by atoms with E-state index >= 15 is 0 Å². The van der Waals surface area contributed by atoms with Crippen LogP contribution in [0.5, 0.6) is 0 Å². The van der Waals surface area contributed by atoms with E-state index in [2.05, 4.69) is 20.3 Å². The van der Waals surface area contributed by atoms with Crippen LogP contribution in [0.4, 0.5) is 0 Å². The Hall–Kier alpha value is -2.74. The first-order valence-corrected chi connectivity index (χ1v) is 9.21. The molecule has 0 N–H and O–H groups in total. The van der Waals surface area contributed by atoms with Gasteiger partial charge in [0.05, 0.1) is 0 Å². The molecule has 8 nitrogen and oxygen atoms in total. The van der Waals surface area contributed by atoms with Crippen molar-refractivity contribution in [1.82, 2.24) is 25.2 Å². The number of pyridine rings is 1. The predicted molar refractivity (Wildman–Crippen MR) is 95.9 cm³/mol. The lowest BCUT2D eigenvalue weighted by molar-refractivity contribution is -0.132. The molecule has 27 heavy (non-hydrogen) atoms. The van der Waals surface area contributed by atoms with Crippen molar-refractivity contribution in [3.05, 3.63) is 47.2 Å². The van der Waals surface area contributed by atoms with Crippen molar-refractivity contribution < 1.29 is 13.8 Å². The lowest BCUT2D eigenvalue weighted by atomic mass is 9.97. The molecule has 1 amide bonds. The van der Waals surface area contributed by atoms with E-state index in [1.54, 1.807) is 12.3 Å². The molecule has 0 bridgehead atoms. The van der Waals surface area contributed by atoms with Crippen molar-refractivity contribution in [2.75, 3.05) is 13.1 Å². The first-order valence-electron chi connectivity index (χ1n) is 8.83. The third kappa shape index (κ3) is 4.16. The van der Waals surface area contributed by atoms with Crippen molar-refractivity contribution in [2.24, 2.45) is 0 Å². The summed E-state index contributed by atoms with van der Waals surface area (Å²) in [5, 5.41) is 8.03. The van der Waals surface area contributed by atoms with Crippen LogP contribution in [0.1, 0.15) is 36.8 Å². The third-order valence-corrected chi connectivity index (χ3v) is 4.76. The molecule has 0 aliphatic carbocycles. The maximum absolute atomic E-state index is 12.5. The molecule has 0 spiro atoms. The molecule has 1 aliphatic heterocycles. The number of rotatable bonds is 5. The summed E-state index contributed by atoms with van der Waals surface area (Å²) in [5.74, 6) is 1.76. The van der Waals surface area contributed by atoms with Crippen LogP contribution in [-0.4, -0.2) is 44.2 Å². The molecule has 0 radical (unpaired) electrons. The van der Waals surface area contributed by atoms with Crippen LogP contribution in [0, 0.1) is 0 Å². The number of halogens is 1. The normalized spacial score (nSPS) is 17.2. The van der Waals surface area contributed by atoms with Gasteiger partial charge in [0, 0.05) is 44.1 Å². The summed E-state index contributed by atoms with van der Waals surface area (Å²) in [7, 11) is 0. The lowest BCUT2D eigenvalue weighted by Gasteiger charge is -2.31. The number of aromatic nitrogens is 4. The second kappa shape index (κ2) is 7.87. The van der Waals surface area contributed by atoms with Gasteiger partial charge in [-0.25, -0.2) is 0 Å². The van der Waals surface area contributed by atoms with Gasteiger partial charge in [-0.2, -0.15) is 4.98 Å². The lowest BCUT2D eigenvalue weighted by Crippen LogP contribution is -2.39. The summed E-state index contributed by atoms with van der Waals surface area (Å²) < 4.78 is 10.4. The minimum Gasteiger partial charge on any atom is -0.360 e. The molecule has 0 aromatic carbocycles. The summed E-state index contributed by atoms with van der Waals surface area (Å²) in [5.41, 5.74) is 0.644. The Morgan fingerprint density at radius 3 is 3.00 bits per heavy atom. The van der Waals surface area contributed by atoms with Gasteiger partial charge in [-0.1, -0.05) is 28.0 Å². The molecule has 3 aromatic heterocycles. The van der Waals surface area contributed by atoms with Gasteiger partial charge in [-0.15, -0.1) is 0 Å². The van der Waals surface area contributed by atoms with Gasteiger partial charge in [0.15, 0.2) is 11.0 Å². The van der Waals surface area contributed by atoms with E-state index in [-0.39, 0.29) is 11.8 Å². The number of carbonyl (C=O) groups excluding carboxylic acids is 1. The van der Waals surface area contributed by atoms with Gasteiger partial charge in [-0.05, 0) is 25.0 Å². The molecule has 140 valence electrons. The zero-order chi connectivity index (χ0) is 18.6. The zero-order valence-corrected chi connectivity index (χ0v) is 15.3. The molecule has 1 atom stereocenters. The average molecular weight is 388 g/mol. The topological polar surface area (TPSA) is 98.2 Å². The quantitative estimate of drug-likeness (QED) is 0.663. The van der Waals surface area contributed by atoms with E-state index in [9.17, 15) is 4.79 Å². The second-order valence-electron chi connectivity index (χ2n) is 6.47. The fourth-order valence-electron chi connectivity index (χ4n) is 3.20. The van der Waals surface area contributed by atoms with Gasteiger partial charge in [0.2, 0.25) is 5.91 Å². The smallest absolute Gasteiger partial charge is 0.276 e. The fourth-order valence-corrected chi connectivity index (χ4v) is 3.36. The van der Waals surface area contributed by atoms with Crippen LogP contribution in [0.15, 0.2) is 39.5 Å². The van der Waals surface area contributed by atoms with Gasteiger partial charge in [0.25, 0.3) is 5.89 Å². The number of piperidine rings is 1. The molecular weight excluding hydrogens is 370 g/mol. The number of carbonyl (C=O) groups is 1. The Labute approximate surface area is 160 Å². The molecule has 4 rings (SSSR count). The van der Waals surface area contributed by atoms with Crippen molar-refractivity contribution >= 4 is 17.5 Å². The van der Waals surface area contributed by atoms with Crippen LogP contribution in [0.25, 0.3) is 11.6 Å². The van der Waals surface area contributed by atoms with E-state index in [0.717, 1.165) is 19.4 Å². The number of nitrogens with zero attached hydrogens (tertiary/aromatic N) is 5. The number of aryl methyl sites for hydroxylation is 1. The molecule has 1 aliphatic rings. The molecule has 4 heterocycles. The molecule has 0 unspecified atom stereocenters. The minimum absolute atomic E-state index is 0.0589. The van der Waals surface area contributed by atoms with Crippen molar-refractivity contribution in [1.29, 1.82) is 0 Å². The number of hydrogen-bond donors (Lipinski definition) is 0. The van der Waals surface area contributed by atoms with E-state index in [1.807, 2.05) is 23.1 Å². The molecule has 0 saturated carbocycles. The van der Waals surface area contributed by atoms with Crippen molar-refractivity contribution in [3.63, 3.8) is 0 Å². The Morgan fingerprint density at radius 1 is 1.30 bits per heavy atom. The van der Waals surface area contributed by atoms with Crippen LogP contribution < -0.4 is 0 Å². The van der Waals surface area contributed by atoms with Crippen LogP contribution in [-0.2, 0) is 11.2 Å². The van der Waals surface area contributed by atoms with Crippen LogP contribution in [0.3, 0.4) is 0 Å². The Balaban J connectivity index is 1.38. The summed E-state index contributed by atoms with van der Waals surface area (Å²) in [6.45, 7) is 1.31. The first-order chi connectivity index (χ1) is 13.2. The highest BCUT2D eigenvalue weighted by Crippen LogP contribution is 2.27. The minimum atomic E-state index is 0.0589. The Morgan fingerprint density at radius 2 is 2.22 bits per heavy atom. The van der Waals surface area contributed by atoms with Gasteiger partial charge < -0.3 is 13.9 Å². The summed E-state index contributed by atoms with van der Waals surface area (Å²) in [4.78, 5) is 23.1. The summed E-state index contributed by atoms with van der Waals surface area (Å²) >= 11 is 5.73. The van der Waals surface area contributed by atoms with Gasteiger partial charge >= 0.3 is 0 Å². The van der Waals surface area contributed by atoms with E-state index in [4.69, 9.17) is 20.6 Å². The SMILES string of the molecule is O=C(CCc1cc(Cl)no1)N1CCC[C@H](c2noc(-c3ccccn3)n2)C1. The largest absolute Gasteiger partial charge is 0.360 e. The molecular formula is C18H18ClN5O3. The van der Waals surface area contributed by atoms with Crippen molar-refractivity contribution in [3.8, 4) is 11.6 Å². The number of hydrogen-bond acceptors (Lipinski definition) is 7. The average Bonchev–Trinajstić information content (AvgIpc) is 3.36. The van der Waals surface area contributed by atoms with E-state index in [0.29, 0.717) is 47.7 Å². The van der Waals surface area contributed by atoms with E-state index in [1.165, 1.54) is 0 Å². The fraction of sp³-hybridized carbons (Fsp3) is 0.389. The monoisotopic (exact) mass is 387 g/mol. The maximum Gasteiger partial charge on any atom is 0.276 e. The molecule has 1 fully saturated rings. The third-order valence-electron chi connectivity index (χ3n) is 4.58. The highest BCUT2D eigenvalue weighted by molar-refractivity contribution is 6.29. The molecule has 3 aromatic rings. The number of likely N-dealkylation sites (tertiary alicyclic amines) is 1. The van der Waals surface area contributed by atoms with Gasteiger partial charge in [-0.3, -0.25) is 9.78 Å². The standard InChI is InChI=1S/C18H18ClN5O3/c19-15-10-13(26-22-15)6-7-16(25)24-9-3-4-12(11-24)17-21-18(27-23-17)14-5-1-2-8-20-14/h1-2,5,8,10,12H,3-4,6-7,9,11H2/t12-/m0/s1. The Bertz CT molecular complexity index is 911. The van der Waals surface area contributed by atoms with Crippen LogP contribution in [0.2, 0.25) is 5.15 Å². The maximum atomic E-state index is 12.5. The summed E-state index contributed by atoms with van der Waals surface area (Å²) in [6, 6.07) is 7.16. The predicted octanol–water partition coefficient (Wildman–Crippen LogP) is 3.11. The highest BCUT2D eigenvalue weighted by Gasteiger charge is 2.28. The van der Waals surface area contributed by atoms with Crippen LogP contribution >= 0.6 is 11.6 Å². The number of amides is 1. The molecule has 1 saturated heterocycles. The summed E-state index contributed by atoms with van der Waals surface area (Å²) in [6.07, 6.45) is 4.33. The van der Waals surface area contributed by atoms with Crippen molar-refractivity contribution in [2.45, 2.75) is 31.6 Å². The first kappa shape index (κ1) is 17.7. The van der Waals surface area contributed by atoms with E-state index < -0.39 is 0 Å². The highest BCUT2D eigenvalue weighted by atomic mass is 35.5. The zero-order valence-electron chi connectivity index (χ0n) is 14.5. The second-order valence-corrected chi connectivity index (χ2v) is 6.85.